The molecule has 0 aliphatic carbocycles. The number of alkyl halides is 1. The SMILES string of the molecule is CC(C)OCCS(=O)(=O)N1CCN(CCCl)CC1. The summed E-state index contributed by atoms with van der Waals surface area (Å²) in [6.07, 6.45) is 0.0702. The first-order valence-corrected chi connectivity index (χ1v) is 8.48. The molecule has 0 aromatic heterocycles. The number of sulfonamides is 1. The van der Waals surface area contributed by atoms with E-state index < -0.39 is 10.0 Å². The molecule has 0 bridgehead atoms. The maximum Gasteiger partial charge on any atom is 0.216 e. The zero-order chi connectivity index (χ0) is 13.6. The first kappa shape index (κ1) is 16.2. The number of piperazine rings is 1. The van der Waals surface area contributed by atoms with Crippen molar-refractivity contribution in [3.05, 3.63) is 0 Å². The lowest BCUT2D eigenvalue weighted by Crippen LogP contribution is -2.49. The summed E-state index contributed by atoms with van der Waals surface area (Å²) in [5, 5.41) is 0. The molecule has 5 nitrogen and oxygen atoms in total. The third kappa shape index (κ3) is 5.40. The molecular formula is C11H23ClN2O3S. The van der Waals surface area contributed by atoms with Gasteiger partial charge in [0.25, 0.3) is 0 Å². The molecule has 18 heavy (non-hydrogen) atoms. The van der Waals surface area contributed by atoms with Crippen LogP contribution in [-0.4, -0.2) is 74.7 Å². The molecule has 7 heteroatoms. The highest BCUT2D eigenvalue weighted by molar-refractivity contribution is 7.89. The summed E-state index contributed by atoms with van der Waals surface area (Å²) in [7, 11) is -3.17. The van der Waals surface area contributed by atoms with Crippen LogP contribution in [0.25, 0.3) is 0 Å². The van der Waals surface area contributed by atoms with Gasteiger partial charge in [-0.05, 0) is 13.8 Å². The van der Waals surface area contributed by atoms with Crippen molar-refractivity contribution in [1.82, 2.24) is 9.21 Å². The molecule has 0 radical (unpaired) electrons. The predicted octanol–water partition coefficient (Wildman–Crippen LogP) is 0.598. The highest BCUT2D eigenvalue weighted by Gasteiger charge is 2.26. The van der Waals surface area contributed by atoms with Crippen LogP contribution in [0.5, 0.6) is 0 Å². The molecule has 1 aliphatic rings. The van der Waals surface area contributed by atoms with Gasteiger partial charge in [0.15, 0.2) is 0 Å². The van der Waals surface area contributed by atoms with E-state index in [1.807, 2.05) is 13.8 Å². The summed E-state index contributed by atoms with van der Waals surface area (Å²) in [5.74, 6) is 0.662. The average molecular weight is 299 g/mol. The molecule has 1 heterocycles. The van der Waals surface area contributed by atoms with Crippen LogP contribution >= 0.6 is 11.6 Å². The van der Waals surface area contributed by atoms with Crippen molar-refractivity contribution in [3.63, 3.8) is 0 Å². The molecule has 0 aromatic carbocycles. The van der Waals surface area contributed by atoms with Crippen LogP contribution in [0.1, 0.15) is 13.8 Å². The third-order valence-electron chi connectivity index (χ3n) is 2.92. The Hall–Kier alpha value is 0.120. The van der Waals surface area contributed by atoms with Crippen molar-refractivity contribution >= 4 is 21.6 Å². The first-order valence-electron chi connectivity index (χ1n) is 6.33. The molecule has 0 unspecified atom stereocenters. The smallest absolute Gasteiger partial charge is 0.216 e. The minimum atomic E-state index is -3.17. The quantitative estimate of drug-likeness (QED) is 0.646. The molecule has 1 rings (SSSR count). The number of halogens is 1. The van der Waals surface area contributed by atoms with Crippen molar-refractivity contribution in [1.29, 1.82) is 0 Å². The number of nitrogens with zero attached hydrogens (tertiary/aromatic N) is 2. The van der Waals surface area contributed by atoms with Crippen molar-refractivity contribution in [2.24, 2.45) is 0 Å². The van der Waals surface area contributed by atoms with Crippen LogP contribution in [0.3, 0.4) is 0 Å². The normalized spacial score (nSPS) is 19.6. The second kappa shape index (κ2) is 7.65. The van der Waals surface area contributed by atoms with Gasteiger partial charge in [0.2, 0.25) is 10.0 Å². The van der Waals surface area contributed by atoms with Gasteiger partial charge in [-0.15, -0.1) is 11.6 Å². The van der Waals surface area contributed by atoms with E-state index in [9.17, 15) is 8.42 Å². The van der Waals surface area contributed by atoms with E-state index in [4.69, 9.17) is 16.3 Å². The third-order valence-corrected chi connectivity index (χ3v) is 4.92. The van der Waals surface area contributed by atoms with Crippen molar-refractivity contribution < 1.29 is 13.2 Å². The van der Waals surface area contributed by atoms with E-state index in [1.54, 1.807) is 4.31 Å². The van der Waals surface area contributed by atoms with E-state index in [0.717, 1.165) is 19.6 Å². The van der Waals surface area contributed by atoms with Crippen LogP contribution in [-0.2, 0) is 14.8 Å². The first-order chi connectivity index (χ1) is 8.45. The molecule has 108 valence electrons. The maximum atomic E-state index is 12.0. The summed E-state index contributed by atoms with van der Waals surface area (Å²) in [6.45, 7) is 7.53. The highest BCUT2D eigenvalue weighted by atomic mass is 35.5. The van der Waals surface area contributed by atoms with Crippen LogP contribution in [0.2, 0.25) is 0 Å². The monoisotopic (exact) mass is 298 g/mol. The molecular weight excluding hydrogens is 276 g/mol. The second-order valence-corrected chi connectivity index (χ2v) is 7.13. The molecule has 0 amide bonds. The van der Waals surface area contributed by atoms with Crippen molar-refractivity contribution in [2.45, 2.75) is 20.0 Å². The summed E-state index contributed by atoms with van der Waals surface area (Å²) >= 11 is 5.67. The highest BCUT2D eigenvalue weighted by Crippen LogP contribution is 2.08. The Morgan fingerprint density at radius 1 is 1.22 bits per heavy atom. The zero-order valence-corrected chi connectivity index (χ0v) is 12.7. The van der Waals surface area contributed by atoms with E-state index in [0.29, 0.717) is 19.0 Å². The number of ether oxygens (including phenoxy) is 1. The molecule has 1 saturated heterocycles. The Bertz CT molecular complexity index is 327. The van der Waals surface area contributed by atoms with E-state index in [-0.39, 0.29) is 18.5 Å². The maximum absolute atomic E-state index is 12.0. The number of hydrogen-bond donors (Lipinski definition) is 0. The van der Waals surface area contributed by atoms with Gasteiger partial charge in [-0.2, -0.15) is 4.31 Å². The molecule has 0 saturated carbocycles. The van der Waals surface area contributed by atoms with E-state index >= 15 is 0 Å². The van der Waals surface area contributed by atoms with Crippen LogP contribution in [0, 0.1) is 0 Å². The van der Waals surface area contributed by atoms with Crippen LogP contribution in [0.15, 0.2) is 0 Å². The second-order valence-electron chi connectivity index (χ2n) is 4.67. The molecule has 0 aromatic rings. The van der Waals surface area contributed by atoms with Gasteiger partial charge >= 0.3 is 0 Å². The number of hydrogen-bond acceptors (Lipinski definition) is 4. The molecule has 1 fully saturated rings. The van der Waals surface area contributed by atoms with Gasteiger partial charge in [-0.1, -0.05) is 0 Å². The topological polar surface area (TPSA) is 49.9 Å². The van der Waals surface area contributed by atoms with Gasteiger partial charge in [0.1, 0.15) is 0 Å². The Morgan fingerprint density at radius 2 is 1.83 bits per heavy atom. The van der Waals surface area contributed by atoms with Gasteiger partial charge in [0, 0.05) is 38.6 Å². The fraction of sp³-hybridized carbons (Fsp3) is 1.00. The molecule has 0 spiro atoms. The average Bonchev–Trinajstić information content (AvgIpc) is 2.29. The summed E-state index contributed by atoms with van der Waals surface area (Å²) in [6, 6.07) is 0. The predicted molar refractivity (Wildman–Crippen MR) is 73.6 cm³/mol. The van der Waals surface area contributed by atoms with Gasteiger partial charge in [0.05, 0.1) is 18.5 Å². The Labute approximate surface area is 115 Å². The summed E-state index contributed by atoms with van der Waals surface area (Å²) in [4.78, 5) is 2.18. The summed E-state index contributed by atoms with van der Waals surface area (Å²) < 4.78 is 30.9. The van der Waals surface area contributed by atoms with Gasteiger partial charge in [-0.25, -0.2) is 8.42 Å². The fourth-order valence-electron chi connectivity index (χ4n) is 1.87. The lowest BCUT2D eigenvalue weighted by molar-refractivity contribution is 0.0903. The van der Waals surface area contributed by atoms with Gasteiger partial charge in [-0.3, -0.25) is 4.90 Å². The van der Waals surface area contributed by atoms with Crippen LogP contribution in [0.4, 0.5) is 0 Å². The Kier molecular flexibility index (Phi) is 6.87. The summed E-state index contributed by atoms with van der Waals surface area (Å²) in [5.41, 5.74) is 0. The van der Waals surface area contributed by atoms with E-state index in [2.05, 4.69) is 4.90 Å². The molecule has 0 atom stereocenters. The Balaban J connectivity index is 2.36. The zero-order valence-electron chi connectivity index (χ0n) is 11.1. The Morgan fingerprint density at radius 3 is 2.33 bits per heavy atom. The minimum absolute atomic E-state index is 0.0701. The van der Waals surface area contributed by atoms with Crippen molar-refractivity contribution in [2.75, 3.05) is 51.0 Å². The number of rotatable bonds is 7. The van der Waals surface area contributed by atoms with Crippen molar-refractivity contribution in [3.8, 4) is 0 Å². The fourth-order valence-corrected chi connectivity index (χ4v) is 3.39. The lowest BCUT2D eigenvalue weighted by Gasteiger charge is -2.33. The van der Waals surface area contributed by atoms with Gasteiger partial charge < -0.3 is 4.74 Å². The molecule has 0 N–H and O–H groups in total. The van der Waals surface area contributed by atoms with E-state index in [1.165, 1.54) is 0 Å². The lowest BCUT2D eigenvalue weighted by atomic mass is 10.4. The molecule has 1 aliphatic heterocycles. The largest absolute Gasteiger partial charge is 0.378 e. The standard InChI is InChI=1S/C11H23ClN2O3S/c1-11(2)17-9-10-18(15,16)14-7-5-13(4-3-12)6-8-14/h11H,3-10H2,1-2H3. The minimum Gasteiger partial charge on any atom is -0.378 e. The van der Waals surface area contributed by atoms with Crippen LogP contribution < -0.4 is 0 Å².